The number of halogens is 5. The maximum absolute atomic E-state index is 14.9. The van der Waals surface area contributed by atoms with Gasteiger partial charge in [-0.2, -0.15) is 18.2 Å². The number of nitrogens with zero attached hydrogens (tertiary/aromatic N) is 4. The van der Waals surface area contributed by atoms with Gasteiger partial charge >= 0.3 is 11.9 Å². The summed E-state index contributed by atoms with van der Waals surface area (Å²) >= 11 is 1.00. The molecular weight excluding hydrogens is 595 g/mol. The molecule has 0 bridgehead atoms. The van der Waals surface area contributed by atoms with Gasteiger partial charge in [0.05, 0.1) is 29.6 Å². The summed E-state index contributed by atoms with van der Waals surface area (Å²) in [4.78, 5) is 33.4. The predicted molar refractivity (Wildman–Crippen MR) is 155 cm³/mol. The fourth-order valence-electron chi connectivity index (χ4n) is 5.30. The molecule has 3 heterocycles. The molecular formula is C29H31F5N4O4S. The van der Waals surface area contributed by atoms with Crippen molar-refractivity contribution in [3.63, 3.8) is 0 Å². The van der Waals surface area contributed by atoms with Gasteiger partial charge in [-0.15, -0.1) is 11.8 Å². The van der Waals surface area contributed by atoms with E-state index < -0.39 is 52.3 Å². The Hall–Kier alpha value is -3.49. The molecule has 0 spiro atoms. The number of anilines is 1. The zero-order chi connectivity index (χ0) is 31.6. The van der Waals surface area contributed by atoms with E-state index in [1.54, 1.807) is 16.7 Å². The van der Waals surface area contributed by atoms with E-state index in [4.69, 9.17) is 9.47 Å². The lowest BCUT2D eigenvalue weighted by Crippen LogP contribution is -2.54. The van der Waals surface area contributed by atoms with Gasteiger partial charge in [-0.25, -0.2) is 13.6 Å². The van der Waals surface area contributed by atoms with Crippen LogP contribution in [0.5, 0.6) is 0 Å². The monoisotopic (exact) mass is 626 g/mol. The summed E-state index contributed by atoms with van der Waals surface area (Å²) in [6.45, 7) is 10.1. The molecule has 0 radical (unpaired) electrons. The van der Waals surface area contributed by atoms with Crippen molar-refractivity contribution in [2.24, 2.45) is 0 Å². The van der Waals surface area contributed by atoms with E-state index in [0.717, 1.165) is 36.9 Å². The average Bonchev–Trinajstić information content (AvgIpc) is 2.94. The van der Waals surface area contributed by atoms with Crippen molar-refractivity contribution in [2.75, 3.05) is 50.8 Å². The van der Waals surface area contributed by atoms with Crippen LogP contribution in [0, 0.1) is 0 Å². The maximum atomic E-state index is 14.9. The Bertz CT molecular complexity index is 1560. The van der Waals surface area contributed by atoms with Crippen LogP contribution in [0.25, 0.3) is 16.5 Å². The summed E-state index contributed by atoms with van der Waals surface area (Å²) in [5.41, 5.74) is -2.92. The summed E-state index contributed by atoms with van der Waals surface area (Å²) < 4.78 is 84.5. The van der Waals surface area contributed by atoms with Gasteiger partial charge in [0.25, 0.3) is 0 Å². The maximum Gasteiger partial charge on any atom is 0.417 e. The number of alkyl halides is 3. The first-order valence-corrected chi connectivity index (χ1v) is 14.3. The third kappa shape index (κ3) is 6.55. The Labute approximate surface area is 249 Å². The minimum absolute atomic E-state index is 0.00624. The molecule has 1 amide bonds. The number of aromatic nitrogens is 2. The molecule has 0 aliphatic carbocycles. The molecule has 2 atom stereocenters. The van der Waals surface area contributed by atoms with Crippen LogP contribution in [0.2, 0.25) is 0 Å². The van der Waals surface area contributed by atoms with Crippen molar-refractivity contribution in [3.05, 3.63) is 70.7 Å². The first-order valence-electron chi connectivity index (χ1n) is 13.3. The number of piperazine rings is 1. The van der Waals surface area contributed by atoms with Crippen molar-refractivity contribution in [1.82, 2.24) is 14.5 Å². The molecule has 0 unspecified atom stereocenters. The van der Waals surface area contributed by atoms with E-state index in [1.165, 1.54) is 17.8 Å². The molecule has 1 aromatic carbocycles. The van der Waals surface area contributed by atoms with Crippen molar-refractivity contribution in [2.45, 2.75) is 37.0 Å². The molecule has 43 heavy (non-hydrogen) atoms. The molecule has 0 saturated carbocycles. The number of carbonyl (C=O) groups is 1. The summed E-state index contributed by atoms with van der Waals surface area (Å²) in [6, 6.07) is -0.208. The Morgan fingerprint density at radius 3 is 2.56 bits per heavy atom. The molecule has 0 N–H and O–H groups in total. The van der Waals surface area contributed by atoms with E-state index >= 15 is 0 Å². The molecule has 1 fully saturated rings. The topological polar surface area (TPSA) is 76.9 Å². The van der Waals surface area contributed by atoms with Gasteiger partial charge in [0.1, 0.15) is 18.4 Å². The molecule has 8 nitrogen and oxygen atoms in total. The third-order valence-electron chi connectivity index (χ3n) is 7.17. The fourth-order valence-corrected chi connectivity index (χ4v) is 6.61. The van der Waals surface area contributed by atoms with Crippen LogP contribution in [0.1, 0.15) is 31.0 Å². The highest BCUT2D eigenvalue weighted by Crippen LogP contribution is 2.49. The number of carbonyl (C=O) groups excluding carboxylic acids is 1. The molecule has 232 valence electrons. The van der Waals surface area contributed by atoms with Gasteiger partial charge < -0.3 is 19.3 Å². The van der Waals surface area contributed by atoms with Crippen LogP contribution in [-0.2, 0) is 20.4 Å². The summed E-state index contributed by atoms with van der Waals surface area (Å²) in [6.07, 6.45) is -2.04. The van der Waals surface area contributed by atoms with Gasteiger partial charge in [0.2, 0.25) is 5.91 Å². The first-order chi connectivity index (χ1) is 20.3. The van der Waals surface area contributed by atoms with Crippen LogP contribution < -0.4 is 10.6 Å². The minimum Gasteiger partial charge on any atom is -0.359 e. The normalized spacial score (nSPS) is 19.6. The van der Waals surface area contributed by atoms with Crippen molar-refractivity contribution < 1.29 is 36.2 Å². The third-order valence-corrected chi connectivity index (χ3v) is 8.41. The average molecular weight is 627 g/mol. The van der Waals surface area contributed by atoms with E-state index in [0.29, 0.717) is 0 Å². The second kappa shape index (κ2) is 13.0. The van der Waals surface area contributed by atoms with Crippen LogP contribution in [0.4, 0.5) is 27.8 Å². The smallest absolute Gasteiger partial charge is 0.359 e. The fraction of sp³-hybridized carbons (Fsp3) is 0.414. The van der Waals surface area contributed by atoms with Crippen LogP contribution >= 0.6 is 11.8 Å². The standard InChI is InChI=1S/C29H31F5N4O4S/c1-6-23(39)36-9-10-37(17(3)12-36)27-21-11-22(29(32,33)34)24(20(18(4)31)8-7-16(2)30)26-25(21)38(28(40)35-27)19(14-43-26)13-42-15-41-5/h6-8,11,17,19H,1,4,9-10,12-15H2,2-3,5H3/b16-7+,20-8+/t17-,19-/m0/s1. The zero-order valence-electron chi connectivity index (χ0n) is 23.8. The van der Waals surface area contributed by atoms with Gasteiger partial charge in [-0.05, 0) is 38.1 Å². The number of rotatable bonds is 9. The van der Waals surface area contributed by atoms with Crippen LogP contribution in [0.3, 0.4) is 0 Å². The van der Waals surface area contributed by atoms with E-state index in [9.17, 15) is 31.5 Å². The SMILES string of the molecule is C=CC(=O)N1CCN(c2nc(=O)n3c4c(c(/C(=C/C=C(\C)F)C(=C)F)c(C(F)(F)F)cc24)SC[C@@H]3COCOC)[C@@H](C)C1. The molecule has 14 heteroatoms. The van der Waals surface area contributed by atoms with Crippen LogP contribution in [-0.4, -0.2) is 72.3 Å². The molecule has 4 rings (SSSR count). The number of hydrogen-bond acceptors (Lipinski definition) is 7. The lowest BCUT2D eigenvalue weighted by atomic mass is 9.94. The largest absolute Gasteiger partial charge is 0.417 e. The van der Waals surface area contributed by atoms with E-state index in [2.05, 4.69) is 18.1 Å². The minimum atomic E-state index is -4.97. The highest BCUT2D eigenvalue weighted by Gasteiger charge is 2.40. The predicted octanol–water partition coefficient (Wildman–Crippen LogP) is 5.65. The van der Waals surface area contributed by atoms with Gasteiger partial charge in [-0.1, -0.05) is 13.2 Å². The lowest BCUT2D eigenvalue weighted by Gasteiger charge is -2.41. The van der Waals surface area contributed by atoms with Crippen molar-refractivity contribution >= 4 is 40.0 Å². The highest BCUT2D eigenvalue weighted by atomic mass is 32.2. The number of thioether (sulfide) groups is 1. The number of benzene rings is 1. The highest BCUT2D eigenvalue weighted by molar-refractivity contribution is 7.99. The number of methoxy groups -OCH3 is 1. The molecule has 1 saturated heterocycles. The lowest BCUT2D eigenvalue weighted by molar-refractivity contribution is -0.137. The van der Waals surface area contributed by atoms with Gasteiger partial charge in [0.15, 0.2) is 0 Å². The number of allylic oxidation sites excluding steroid dienone is 5. The van der Waals surface area contributed by atoms with Crippen molar-refractivity contribution in [1.29, 1.82) is 0 Å². The molecule has 1 aromatic heterocycles. The number of amides is 1. The Balaban J connectivity index is 2.07. The Morgan fingerprint density at radius 2 is 1.98 bits per heavy atom. The quantitative estimate of drug-likeness (QED) is 0.117. The second-order valence-electron chi connectivity index (χ2n) is 10.1. The molecule has 2 aliphatic rings. The summed E-state index contributed by atoms with van der Waals surface area (Å²) in [7, 11) is 1.42. The van der Waals surface area contributed by atoms with Crippen LogP contribution in [0.15, 0.2) is 58.8 Å². The second-order valence-corrected chi connectivity index (χ2v) is 11.2. The number of hydrogen-bond donors (Lipinski definition) is 0. The molecule has 2 aliphatic heterocycles. The molecule has 2 aromatic rings. The van der Waals surface area contributed by atoms with E-state index in [1.807, 2.05) is 0 Å². The number of ether oxygens (including phenoxy) is 2. The first kappa shape index (κ1) is 32.4. The zero-order valence-corrected chi connectivity index (χ0v) is 24.7. The summed E-state index contributed by atoms with van der Waals surface area (Å²) in [5, 5.41) is 0.0194. The Morgan fingerprint density at radius 1 is 1.26 bits per heavy atom. The summed E-state index contributed by atoms with van der Waals surface area (Å²) in [5.74, 6) is -2.14. The van der Waals surface area contributed by atoms with Gasteiger partial charge in [-0.3, -0.25) is 9.36 Å². The van der Waals surface area contributed by atoms with E-state index in [-0.39, 0.29) is 66.3 Å². The Kier molecular flexibility index (Phi) is 9.82. The van der Waals surface area contributed by atoms with Gasteiger partial charge in [0, 0.05) is 60.0 Å². The van der Waals surface area contributed by atoms with Crippen molar-refractivity contribution in [3.8, 4) is 0 Å².